The molecule has 0 saturated carbocycles. The second-order valence-corrected chi connectivity index (χ2v) is 8.94. The standard InChI is InChI=1S/C26H25N3O2S/c1-17(2)19-10-12-20(13-11-19)27-24(30)16-32-26-28-23-7-5-4-6-22(23)25(31)29(26)21-14-8-18(3)9-15-21/h4-15,17H,16H2,1-3H3,(H,27,30). The van der Waals surface area contributed by atoms with E-state index in [0.29, 0.717) is 22.0 Å². The number of nitrogens with one attached hydrogen (secondary N) is 1. The van der Waals surface area contributed by atoms with Crippen LogP contribution < -0.4 is 10.9 Å². The van der Waals surface area contributed by atoms with Crippen LogP contribution in [0.5, 0.6) is 0 Å². The Labute approximate surface area is 191 Å². The summed E-state index contributed by atoms with van der Waals surface area (Å²) in [5.74, 6) is 0.431. The van der Waals surface area contributed by atoms with Gasteiger partial charge in [0.1, 0.15) is 0 Å². The molecule has 0 aliphatic heterocycles. The minimum absolute atomic E-state index is 0.141. The highest BCUT2D eigenvalue weighted by Crippen LogP contribution is 2.22. The third kappa shape index (κ3) is 4.75. The van der Waals surface area contributed by atoms with Gasteiger partial charge in [-0.25, -0.2) is 4.98 Å². The van der Waals surface area contributed by atoms with Gasteiger partial charge < -0.3 is 5.32 Å². The molecule has 0 aliphatic rings. The summed E-state index contributed by atoms with van der Waals surface area (Å²) in [4.78, 5) is 30.6. The zero-order valence-electron chi connectivity index (χ0n) is 18.3. The van der Waals surface area contributed by atoms with E-state index in [2.05, 4.69) is 19.2 Å². The van der Waals surface area contributed by atoms with Gasteiger partial charge in [0, 0.05) is 5.69 Å². The van der Waals surface area contributed by atoms with Crippen molar-refractivity contribution >= 4 is 34.3 Å². The van der Waals surface area contributed by atoms with Crippen molar-refractivity contribution < 1.29 is 4.79 Å². The van der Waals surface area contributed by atoms with E-state index < -0.39 is 0 Å². The SMILES string of the molecule is Cc1ccc(-n2c(SCC(=O)Nc3ccc(C(C)C)cc3)nc3ccccc3c2=O)cc1. The Morgan fingerprint density at radius 1 is 1.00 bits per heavy atom. The molecule has 1 aromatic heterocycles. The van der Waals surface area contributed by atoms with Gasteiger partial charge in [-0.2, -0.15) is 0 Å². The molecule has 1 amide bonds. The Morgan fingerprint density at radius 2 is 1.69 bits per heavy atom. The number of benzene rings is 3. The van der Waals surface area contributed by atoms with Crippen LogP contribution in [0, 0.1) is 6.92 Å². The second kappa shape index (κ2) is 9.40. The van der Waals surface area contributed by atoms with E-state index >= 15 is 0 Å². The molecule has 4 aromatic rings. The maximum absolute atomic E-state index is 13.3. The lowest BCUT2D eigenvalue weighted by Crippen LogP contribution is -2.23. The fourth-order valence-electron chi connectivity index (χ4n) is 3.41. The Balaban J connectivity index is 1.60. The van der Waals surface area contributed by atoms with Crippen LogP contribution in [0.15, 0.2) is 82.7 Å². The van der Waals surface area contributed by atoms with E-state index in [1.54, 1.807) is 10.6 Å². The van der Waals surface area contributed by atoms with E-state index in [1.165, 1.54) is 17.3 Å². The van der Waals surface area contributed by atoms with Crippen LogP contribution in [0.25, 0.3) is 16.6 Å². The lowest BCUT2D eigenvalue weighted by Gasteiger charge is -2.13. The van der Waals surface area contributed by atoms with E-state index in [-0.39, 0.29) is 17.2 Å². The normalized spacial score (nSPS) is 11.1. The highest BCUT2D eigenvalue weighted by Gasteiger charge is 2.15. The summed E-state index contributed by atoms with van der Waals surface area (Å²) in [6.07, 6.45) is 0. The molecule has 3 aromatic carbocycles. The summed E-state index contributed by atoms with van der Waals surface area (Å²) in [6.45, 7) is 6.27. The second-order valence-electron chi connectivity index (χ2n) is 8.00. The number of aryl methyl sites for hydroxylation is 1. The van der Waals surface area contributed by atoms with E-state index in [4.69, 9.17) is 4.98 Å². The van der Waals surface area contributed by atoms with Gasteiger partial charge in [0.15, 0.2) is 5.16 Å². The number of hydrogen-bond donors (Lipinski definition) is 1. The number of carbonyl (C=O) groups is 1. The molecular formula is C26H25N3O2S. The molecule has 0 radical (unpaired) electrons. The largest absolute Gasteiger partial charge is 0.325 e. The molecule has 1 N–H and O–H groups in total. The number of rotatable bonds is 6. The Hall–Kier alpha value is -3.38. The van der Waals surface area contributed by atoms with Crippen LogP contribution in [-0.2, 0) is 4.79 Å². The molecule has 0 unspecified atom stereocenters. The van der Waals surface area contributed by atoms with Crippen molar-refractivity contribution in [2.45, 2.75) is 31.8 Å². The first-order valence-electron chi connectivity index (χ1n) is 10.5. The molecule has 0 aliphatic carbocycles. The number of anilines is 1. The number of thioether (sulfide) groups is 1. The molecule has 0 spiro atoms. The zero-order chi connectivity index (χ0) is 22.7. The third-order valence-corrected chi connectivity index (χ3v) is 6.17. The highest BCUT2D eigenvalue weighted by molar-refractivity contribution is 7.99. The van der Waals surface area contributed by atoms with Crippen molar-refractivity contribution in [2.75, 3.05) is 11.1 Å². The number of nitrogens with zero attached hydrogens (tertiary/aromatic N) is 2. The molecule has 0 atom stereocenters. The van der Waals surface area contributed by atoms with Crippen molar-refractivity contribution in [3.8, 4) is 5.69 Å². The van der Waals surface area contributed by atoms with Crippen LogP contribution in [0.3, 0.4) is 0 Å². The summed E-state index contributed by atoms with van der Waals surface area (Å²) in [7, 11) is 0. The minimum atomic E-state index is -0.148. The fraction of sp³-hybridized carbons (Fsp3) is 0.192. The van der Waals surface area contributed by atoms with Gasteiger partial charge in [0.25, 0.3) is 5.56 Å². The number of fused-ring (bicyclic) bond motifs is 1. The van der Waals surface area contributed by atoms with Crippen LogP contribution in [0.1, 0.15) is 30.9 Å². The predicted octanol–water partition coefficient (Wildman–Crippen LogP) is 5.55. The summed E-state index contributed by atoms with van der Waals surface area (Å²) in [6, 6.07) is 22.8. The quantitative estimate of drug-likeness (QED) is 0.314. The van der Waals surface area contributed by atoms with Crippen LogP contribution in [0.4, 0.5) is 5.69 Å². The third-order valence-electron chi connectivity index (χ3n) is 5.23. The summed E-state index contributed by atoms with van der Waals surface area (Å²) < 4.78 is 1.58. The first kappa shape index (κ1) is 21.8. The lowest BCUT2D eigenvalue weighted by atomic mass is 10.0. The summed E-state index contributed by atoms with van der Waals surface area (Å²) in [5.41, 5.74) is 4.28. The summed E-state index contributed by atoms with van der Waals surface area (Å²) in [5, 5.41) is 3.96. The van der Waals surface area contributed by atoms with E-state index in [1.807, 2.05) is 73.7 Å². The molecule has 162 valence electrons. The minimum Gasteiger partial charge on any atom is -0.325 e. The predicted molar refractivity (Wildman–Crippen MR) is 132 cm³/mol. The molecule has 32 heavy (non-hydrogen) atoms. The van der Waals surface area contributed by atoms with Gasteiger partial charge in [-0.15, -0.1) is 0 Å². The molecule has 6 heteroatoms. The number of hydrogen-bond acceptors (Lipinski definition) is 4. The van der Waals surface area contributed by atoms with Gasteiger partial charge in [0.05, 0.1) is 22.3 Å². The zero-order valence-corrected chi connectivity index (χ0v) is 19.1. The van der Waals surface area contributed by atoms with Gasteiger partial charge in [-0.1, -0.05) is 67.6 Å². The molecule has 0 fully saturated rings. The maximum atomic E-state index is 13.3. The van der Waals surface area contributed by atoms with Crippen molar-refractivity contribution in [1.82, 2.24) is 9.55 Å². The Bertz CT molecular complexity index is 1310. The Kier molecular flexibility index (Phi) is 6.42. The van der Waals surface area contributed by atoms with E-state index in [0.717, 1.165) is 16.9 Å². The Morgan fingerprint density at radius 3 is 2.38 bits per heavy atom. The van der Waals surface area contributed by atoms with Crippen molar-refractivity contribution in [3.05, 3.63) is 94.3 Å². The lowest BCUT2D eigenvalue weighted by molar-refractivity contribution is -0.113. The fourth-order valence-corrected chi connectivity index (χ4v) is 4.22. The van der Waals surface area contributed by atoms with Crippen LogP contribution >= 0.6 is 11.8 Å². The van der Waals surface area contributed by atoms with Gasteiger partial charge >= 0.3 is 0 Å². The average molecular weight is 444 g/mol. The van der Waals surface area contributed by atoms with Gasteiger partial charge in [-0.05, 0) is 54.8 Å². The summed E-state index contributed by atoms with van der Waals surface area (Å²) >= 11 is 1.25. The van der Waals surface area contributed by atoms with E-state index in [9.17, 15) is 9.59 Å². The van der Waals surface area contributed by atoms with Crippen LogP contribution in [0.2, 0.25) is 0 Å². The van der Waals surface area contributed by atoms with Crippen molar-refractivity contribution in [3.63, 3.8) is 0 Å². The first-order chi connectivity index (χ1) is 15.4. The molecule has 4 rings (SSSR count). The molecule has 1 heterocycles. The molecule has 0 bridgehead atoms. The highest BCUT2D eigenvalue weighted by atomic mass is 32.2. The molecule has 0 saturated heterocycles. The molecule has 5 nitrogen and oxygen atoms in total. The van der Waals surface area contributed by atoms with Gasteiger partial charge in [-0.3, -0.25) is 14.2 Å². The average Bonchev–Trinajstić information content (AvgIpc) is 2.79. The number of aromatic nitrogens is 2. The van der Waals surface area contributed by atoms with Crippen molar-refractivity contribution in [2.24, 2.45) is 0 Å². The van der Waals surface area contributed by atoms with Crippen LogP contribution in [-0.4, -0.2) is 21.2 Å². The molecular weight excluding hydrogens is 418 g/mol. The monoisotopic (exact) mass is 443 g/mol. The topological polar surface area (TPSA) is 64.0 Å². The number of para-hydroxylation sites is 1. The maximum Gasteiger partial charge on any atom is 0.266 e. The van der Waals surface area contributed by atoms with Crippen molar-refractivity contribution in [1.29, 1.82) is 0 Å². The number of carbonyl (C=O) groups excluding carboxylic acids is 1. The van der Waals surface area contributed by atoms with Gasteiger partial charge in [0.2, 0.25) is 5.91 Å². The smallest absolute Gasteiger partial charge is 0.266 e. The first-order valence-corrected chi connectivity index (χ1v) is 11.5. The number of amides is 1.